The summed E-state index contributed by atoms with van der Waals surface area (Å²) in [7, 11) is 0. The highest BCUT2D eigenvalue weighted by molar-refractivity contribution is 5.96. The minimum absolute atomic E-state index is 0.108. The van der Waals surface area contributed by atoms with E-state index in [2.05, 4.69) is 10.6 Å². The third-order valence-electron chi connectivity index (χ3n) is 5.36. The molecule has 0 saturated heterocycles. The van der Waals surface area contributed by atoms with Gasteiger partial charge in [0.05, 0.1) is 12.0 Å². The smallest absolute Gasteiger partial charge is 0.251 e. The Bertz CT molecular complexity index is 906. The van der Waals surface area contributed by atoms with Crippen molar-refractivity contribution in [1.82, 2.24) is 10.6 Å². The molecule has 0 atom stereocenters. The van der Waals surface area contributed by atoms with Gasteiger partial charge in [0.25, 0.3) is 5.91 Å². The molecule has 2 aromatic rings. The van der Waals surface area contributed by atoms with Gasteiger partial charge < -0.3 is 16.4 Å². The van der Waals surface area contributed by atoms with Gasteiger partial charge in [0, 0.05) is 12.1 Å². The first-order valence-corrected chi connectivity index (χ1v) is 9.60. The van der Waals surface area contributed by atoms with Crippen LogP contribution in [0.3, 0.4) is 0 Å². The van der Waals surface area contributed by atoms with Crippen LogP contribution in [0.2, 0.25) is 0 Å². The molecule has 0 spiro atoms. The first-order valence-electron chi connectivity index (χ1n) is 9.60. The van der Waals surface area contributed by atoms with Gasteiger partial charge >= 0.3 is 0 Å². The van der Waals surface area contributed by atoms with Gasteiger partial charge in [-0.05, 0) is 48.2 Å². The molecule has 29 heavy (non-hydrogen) atoms. The van der Waals surface area contributed by atoms with Crippen LogP contribution in [-0.4, -0.2) is 24.3 Å². The van der Waals surface area contributed by atoms with Crippen LogP contribution in [0.1, 0.15) is 47.2 Å². The molecule has 4 N–H and O–H groups in total. The number of nitrogens with two attached hydrogens (primary N) is 1. The number of nitrogens with one attached hydrogen (secondary N) is 2. The van der Waals surface area contributed by atoms with Crippen molar-refractivity contribution in [3.63, 3.8) is 0 Å². The summed E-state index contributed by atoms with van der Waals surface area (Å²) in [6.45, 7) is 0.0812. The maximum absolute atomic E-state index is 13.7. The van der Waals surface area contributed by atoms with E-state index >= 15 is 0 Å². The van der Waals surface area contributed by atoms with Crippen LogP contribution in [0, 0.1) is 5.82 Å². The van der Waals surface area contributed by atoms with E-state index < -0.39 is 17.2 Å². The van der Waals surface area contributed by atoms with Crippen LogP contribution >= 0.6 is 0 Å². The van der Waals surface area contributed by atoms with Crippen LogP contribution in [0.4, 0.5) is 4.39 Å². The minimum Gasteiger partial charge on any atom is -0.368 e. The van der Waals surface area contributed by atoms with Crippen LogP contribution in [0.15, 0.2) is 48.5 Å². The quantitative estimate of drug-likeness (QED) is 0.667. The molecule has 1 aliphatic carbocycles. The first kappa shape index (κ1) is 20.5. The third-order valence-corrected chi connectivity index (χ3v) is 5.36. The van der Waals surface area contributed by atoms with E-state index in [4.69, 9.17) is 5.73 Å². The van der Waals surface area contributed by atoms with E-state index in [1.807, 2.05) is 6.07 Å². The zero-order chi connectivity index (χ0) is 20.9. The number of carbonyl (C=O) groups is 3. The number of carbonyl (C=O) groups excluding carboxylic acids is 3. The van der Waals surface area contributed by atoms with Crippen molar-refractivity contribution >= 4 is 17.7 Å². The summed E-state index contributed by atoms with van der Waals surface area (Å²) >= 11 is 0. The van der Waals surface area contributed by atoms with Gasteiger partial charge in [0.1, 0.15) is 5.82 Å². The molecule has 6 nitrogen and oxygen atoms in total. The second kappa shape index (κ2) is 8.86. The van der Waals surface area contributed by atoms with Gasteiger partial charge in [-0.2, -0.15) is 0 Å². The fraction of sp³-hybridized carbons (Fsp3) is 0.318. The average Bonchev–Trinajstić information content (AvgIpc) is 3.22. The van der Waals surface area contributed by atoms with Crippen LogP contribution in [0.5, 0.6) is 0 Å². The third kappa shape index (κ3) is 4.80. The number of benzene rings is 2. The summed E-state index contributed by atoms with van der Waals surface area (Å²) in [5.41, 5.74) is 6.26. The molecule has 3 amide bonds. The Hall–Kier alpha value is -3.22. The standard InChI is InChI=1S/C22H24FN3O3/c23-18-5-3-4-17(12-18)22(10-1-2-11-22)21(29)26-13-15-6-8-16(9-7-15)20(28)25-14-19(24)27/h3-9,12H,1-2,10-11,13-14H2,(H2,24,27)(H,25,28)(H,26,29). The van der Waals surface area contributed by atoms with E-state index in [-0.39, 0.29) is 18.3 Å². The molecule has 0 unspecified atom stereocenters. The Morgan fingerprint density at radius 1 is 1.00 bits per heavy atom. The van der Waals surface area contributed by atoms with Gasteiger partial charge in [-0.1, -0.05) is 37.1 Å². The molecule has 0 aromatic heterocycles. The highest BCUT2D eigenvalue weighted by Crippen LogP contribution is 2.41. The van der Waals surface area contributed by atoms with Crippen LogP contribution in [-0.2, 0) is 21.5 Å². The van der Waals surface area contributed by atoms with Crippen molar-refractivity contribution in [2.45, 2.75) is 37.6 Å². The lowest BCUT2D eigenvalue weighted by Crippen LogP contribution is -2.42. The molecule has 1 saturated carbocycles. The van der Waals surface area contributed by atoms with Crippen LogP contribution in [0.25, 0.3) is 0 Å². The molecule has 0 aliphatic heterocycles. The van der Waals surface area contributed by atoms with E-state index in [0.717, 1.165) is 18.4 Å². The molecule has 0 radical (unpaired) electrons. The van der Waals surface area contributed by atoms with Crippen molar-refractivity contribution < 1.29 is 18.8 Å². The van der Waals surface area contributed by atoms with E-state index in [1.165, 1.54) is 12.1 Å². The summed E-state index contributed by atoms with van der Waals surface area (Å²) in [5, 5.41) is 5.38. The van der Waals surface area contributed by atoms with Crippen LogP contribution < -0.4 is 16.4 Å². The van der Waals surface area contributed by atoms with E-state index in [9.17, 15) is 18.8 Å². The molecular weight excluding hydrogens is 373 g/mol. The zero-order valence-corrected chi connectivity index (χ0v) is 16.0. The second-order valence-corrected chi connectivity index (χ2v) is 7.33. The number of rotatable bonds is 7. The summed E-state index contributed by atoms with van der Waals surface area (Å²) in [5.74, 6) is -1.46. The minimum atomic E-state index is -0.698. The highest BCUT2D eigenvalue weighted by atomic mass is 19.1. The molecule has 3 rings (SSSR count). The SMILES string of the molecule is NC(=O)CNC(=O)c1ccc(CNC(=O)C2(c3cccc(F)c3)CCCC2)cc1. The second-order valence-electron chi connectivity index (χ2n) is 7.33. The summed E-state index contributed by atoms with van der Waals surface area (Å²) in [6.07, 6.45) is 3.25. The van der Waals surface area contributed by atoms with Crippen molar-refractivity contribution in [2.75, 3.05) is 6.54 Å². The van der Waals surface area contributed by atoms with Gasteiger partial charge in [0.2, 0.25) is 11.8 Å². The molecule has 7 heteroatoms. The molecule has 1 aliphatic rings. The Labute approximate surface area is 168 Å². The monoisotopic (exact) mass is 397 g/mol. The number of halogens is 1. The lowest BCUT2D eigenvalue weighted by atomic mass is 9.78. The summed E-state index contributed by atoms with van der Waals surface area (Å²) in [4.78, 5) is 35.7. The first-order chi connectivity index (χ1) is 13.9. The molecule has 1 fully saturated rings. The summed E-state index contributed by atoms with van der Waals surface area (Å²) in [6, 6.07) is 13.0. The van der Waals surface area contributed by atoms with E-state index in [0.29, 0.717) is 30.5 Å². The Morgan fingerprint density at radius 2 is 1.69 bits per heavy atom. The molecular formula is C22H24FN3O3. The number of hydrogen-bond donors (Lipinski definition) is 3. The van der Waals surface area contributed by atoms with Gasteiger partial charge in [-0.15, -0.1) is 0 Å². The van der Waals surface area contributed by atoms with Crippen molar-refractivity contribution in [3.8, 4) is 0 Å². The fourth-order valence-corrected chi connectivity index (χ4v) is 3.81. The maximum Gasteiger partial charge on any atom is 0.251 e. The van der Waals surface area contributed by atoms with Crippen molar-refractivity contribution in [3.05, 3.63) is 71.0 Å². The van der Waals surface area contributed by atoms with Gasteiger partial charge in [-0.3, -0.25) is 14.4 Å². The largest absolute Gasteiger partial charge is 0.368 e. The van der Waals surface area contributed by atoms with Gasteiger partial charge in [-0.25, -0.2) is 4.39 Å². The number of primary amides is 1. The van der Waals surface area contributed by atoms with Crippen molar-refractivity contribution in [1.29, 1.82) is 0 Å². The lowest BCUT2D eigenvalue weighted by molar-refractivity contribution is -0.126. The van der Waals surface area contributed by atoms with Crippen molar-refractivity contribution in [2.24, 2.45) is 5.73 Å². The normalized spacial score (nSPS) is 14.9. The Kier molecular flexibility index (Phi) is 6.26. The van der Waals surface area contributed by atoms with Gasteiger partial charge in [0.15, 0.2) is 0 Å². The molecule has 152 valence electrons. The highest BCUT2D eigenvalue weighted by Gasteiger charge is 2.42. The predicted molar refractivity (Wildman–Crippen MR) is 106 cm³/mol. The maximum atomic E-state index is 13.7. The predicted octanol–water partition coefficient (Wildman–Crippen LogP) is 2.17. The molecule has 0 heterocycles. The average molecular weight is 397 g/mol. The number of hydrogen-bond acceptors (Lipinski definition) is 3. The Balaban J connectivity index is 1.65. The lowest BCUT2D eigenvalue weighted by Gasteiger charge is -2.28. The Morgan fingerprint density at radius 3 is 2.31 bits per heavy atom. The fourth-order valence-electron chi connectivity index (χ4n) is 3.81. The number of amides is 3. The molecule has 2 aromatic carbocycles. The molecule has 0 bridgehead atoms. The summed E-state index contributed by atoms with van der Waals surface area (Å²) < 4.78 is 13.7. The zero-order valence-electron chi connectivity index (χ0n) is 16.0. The van der Waals surface area contributed by atoms with E-state index in [1.54, 1.807) is 30.3 Å². The topological polar surface area (TPSA) is 101 Å².